The third kappa shape index (κ3) is 4.72. The number of carbonyl (C=O) groups excluding carboxylic acids is 1. The van der Waals surface area contributed by atoms with Gasteiger partial charge >= 0.3 is 6.03 Å². The topological polar surface area (TPSA) is 88.6 Å². The van der Waals surface area contributed by atoms with Gasteiger partial charge in [-0.25, -0.2) is 9.78 Å². The molecule has 132 valence electrons. The van der Waals surface area contributed by atoms with Crippen LogP contribution in [0.5, 0.6) is 11.5 Å². The summed E-state index contributed by atoms with van der Waals surface area (Å²) in [4.78, 5) is 21.8. The second-order valence-electron chi connectivity index (χ2n) is 5.58. The molecule has 0 atom stereocenters. The standard InChI is InChI=1S/C17H21N5O3/c1-22(12-13-2-3-14-15(10-13)25-9-8-24-14)17(23)21-7-6-20-16-11-18-4-5-19-16/h2-5,10-11H,6-9,12H2,1H3,(H,19,20)(H,21,23). The molecule has 0 spiro atoms. The SMILES string of the molecule is CN(Cc1ccc2c(c1)OCCO2)C(=O)NCCNc1cnccn1. The lowest BCUT2D eigenvalue weighted by atomic mass is 10.2. The highest BCUT2D eigenvalue weighted by molar-refractivity contribution is 5.73. The Bertz CT molecular complexity index is 711. The van der Waals surface area contributed by atoms with Crippen molar-refractivity contribution in [1.29, 1.82) is 0 Å². The number of fused-ring (bicyclic) bond motifs is 1. The van der Waals surface area contributed by atoms with Crippen molar-refractivity contribution in [3.8, 4) is 11.5 Å². The van der Waals surface area contributed by atoms with Crippen molar-refractivity contribution in [2.75, 3.05) is 38.7 Å². The Kier molecular flexibility index (Phi) is 5.50. The van der Waals surface area contributed by atoms with E-state index in [-0.39, 0.29) is 6.03 Å². The molecule has 2 amide bonds. The van der Waals surface area contributed by atoms with E-state index in [9.17, 15) is 4.79 Å². The number of nitrogens with one attached hydrogen (secondary N) is 2. The minimum Gasteiger partial charge on any atom is -0.486 e. The van der Waals surface area contributed by atoms with Gasteiger partial charge in [-0.15, -0.1) is 0 Å². The molecule has 1 aromatic heterocycles. The van der Waals surface area contributed by atoms with Crippen molar-refractivity contribution in [1.82, 2.24) is 20.2 Å². The number of carbonyl (C=O) groups is 1. The van der Waals surface area contributed by atoms with Gasteiger partial charge in [-0.3, -0.25) is 4.98 Å². The maximum atomic E-state index is 12.2. The summed E-state index contributed by atoms with van der Waals surface area (Å²) < 4.78 is 11.1. The second kappa shape index (κ2) is 8.18. The highest BCUT2D eigenvalue weighted by Gasteiger charge is 2.14. The molecule has 2 heterocycles. The van der Waals surface area contributed by atoms with Crippen LogP contribution in [0.3, 0.4) is 0 Å². The Morgan fingerprint density at radius 2 is 2.04 bits per heavy atom. The molecule has 2 N–H and O–H groups in total. The number of aromatic nitrogens is 2. The van der Waals surface area contributed by atoms with E-state index in [0.29, 0.717) is 38.7 Å². The summed E-state index contributed by atoms with van der Waals surface area (Å²) in [6, 6.07) is 5.58. The van der Waals surface area contributed by atoms with E-state index in [1.54, 1.807) is 30.5 Å². The van der Waals surface area contributed by atoms with Crippen molar-refractivity contribution in [2.45, 2.75) is 6.54 Å². The highest BCUT2D eigenvalue weighted by atomic mass is 16.6. The average molecular weight is 343 g/mol. The summed E-state index contributed by atoms with van der Waals surface area (Å²) in [5, 5.41) is 5.94. The summed E-state index contributed by atoms with van der Waals surface area (Å²) >= 11 is 0. The molecular weight excluding hydrogens is 322 g/mol. The maximum absolute atomic E-state index is 12.2. The van der Waals surface area contributed by atoms with Crippen LogP contribution >= 0.6 is 0 Å². The zero-order valence-electron chi connectivity index (χ0n) is 14.1. The Balaban J connectivity index is 1.43. The van der Waals surface area contributed by atoms with Crippen LogP contribution < -0.4 is 20.1 Å². The minimum atomic E-state index is -0.143. The fourth-order valence-corrected chi connectivity index (χ4v) is 2.42. The maximum Gasteiger partial charge on any atom is 0.317 e. The number of anilines is 1. The van der Waals surface area contributed by atoms with E-state index in [0.717, 1.165) is 17.1 Å². The van der Waals surface area contributed by atoms with Gasteiger partial charge < -0.3 is 25.0 Å². The van der Waals surface area contributed by atoms with Gasteiger partial charge in [0.25, 0.3) is 0 Å². The van der Waals surface area contributed by atoms with Gasteiger partial charge in [-0.05, 0) is 17.7 Å². The molecule has 0 saturated heterocycles. The van der Waals surface area contributed by atoms with Crippen LogP contribution in [0.4, 0.5) is 10.6 Å². The Labute approximate surface area is 146 Å². The van der Waals surface area contributed by atoms with Crippen LogP contribution in [0.25, 0.3) is 0 Å². The molecule has 8 heteroatoms. The molecule has 0 saturated carbocycles. The fraction of sp³-hybridized carbons (Fsp3) is 0.353. The van der Waals surface area contributed by atoms with Gasteiger partial charge in [-0.1, -0.05) is 6.07 Å². The number of rotatable bonds is 6. The average Bonchev–Trinajstić information content (AvgIpc) is 2.65. The third-order valence-electron chi connectivity index (χ3n) is 3.64. The zero-order valence-corrected chi connectivity index (χ0v) is 14.1. The predicted molar refractivity (Wildman–Crippen MR) is 92.8 cm³/mol. The molecule has 1 aliphatic rings. The monoisotopic (exact) mass is 343 g/mol. The molecule has 8 nitrogen and oxygen atoms in total. The number of amides is 2. The van der Waals surface area contributed by atoms with Gasteiger partial charge in [-0.2, -0.15) is 0 Å². The first-order valence-electron chi connectivity index (χ1n) is 8.10. The number of hydrogen-bond donors (Lipinski definition) is 2. The minimum absolute atomic E-state index is 0.143. The van der Waals surface area contributed by atoms with Crippen molar-refractivity contribution < 1.29 is 14.3 Å². The fourth-order valence-electron chi connectivity index (χ4n) is 2.42. The van der Waals surface area contributed by atoms with Crippen LogP contribution in [-0.2, 0) is 6.54 Å². The molecule has 1 aromatic carbocycles. The molecule has 0 fully saturated rings. The lowest BCUT2D eigenvalue weighted by Gasteiger charge is -2.21. The van der Waals surface area contributed by atoms with Crippen LogP contribution in [0, 0.1) is 0 Å². The summed E-state index contributed by atoms with van der Waals surface area (Å²) in [5.41, 5.74) is 0.986. The number of nitrogens with zero attached hydrogens (tertiary/aromatic N) is 3. The summed E-state index contributed by atoms with van der Waals surface area (Å²) in [6.45, 7) is 2.66. The first kappa shape index (κ1) is 16.8. The van der Waals surface area contributed by atoms with E-state index in [2.05, 4.69) is 20.6 Å². The van der Waals surface area contributed by atoms with E-state index in [1.165, 1.54) is 0 Å². The third-order valence-corrected chi connectivity index (χ3v) is 3.64. The molecular formula is C17H21N5O3. The van der Waals surface area contributed by atoms with Crippen molar-refractivity contribution in [3.05, 3.63) is 42.4 Å². The molecule has 2 aromatic rings. The van der Waals surface area contributed by atoms with E-state index >= 15 is 0 Å². The summed E-state index contributed by atoms with van der Waals surface area (Å²) in [7, 11) is 1.75. The molecule has 25 heavy (non-hydrogen) atoms. The van der Waals surface area contributed by atoms with Crippen LogP contribution in [0.2, 0.25) is 0 Å². The lowest BCUT2D eigenvalue weighted by Crippen LogP contribution is -2.39. The van der Waals surface area contributed by atoms with E-state index in [1.807, 2.05) is 18.2 Å². The quantitative estimate of drug-likeness (QED) is 0.773. The molecule has 0 radical (unpaired) electrons. The van der Waals surface area contributed by atoms with Gasteiger partial charge in [0.1, 0.15) is 19.0 Å². The van der Waals surface area contributed by atoms with Crippen LogP contribution in [0.1, 0.15) is 5.56 Å². The molecule has 0 aliphatic carbocycles. The lowest BCUT2D eigenvalue weighted by molar-refractivity contribution is 0.171. The molecule has 3 rings (SSSR count). The largest absolute Gasteiger partial charge is 0.486 e. The van der Waals surface area contributed by atoms with Crippen LogP contribution in [0.15, 0.2) is 36.8 Å². The predicted octanol–water partition coefficient (Wildman–Crippen LogP) is 1.50. The second-order valence-corrected chi connectivity index (χ2v) is 5.58. The van der Waals surface area contributed by atoms with Crippen molar-refractivity contribution >= 4 is 11.8 Å². The van der Waals surface area contributed by atoms with Gasteiger partial charge in [0, 0.05) is 39.1 Å². The Morgan fingerprint density at radius 1 is 1.20 bits per heavy atom. The summed E-state index contributed by atoms with van der Waals surface area (Å²) in [5.74, 6) is 2.16. The van der Waals surface area contributed by atoms with Crippen molar-refractivity contribution in [3.63, 3.8) is 0 Å². The number of hydrogen-bond acceptors (Lipinski definition) is 6. The smallest absolute Gasteiger partial charge is 0.317 e. The highest BCUT2D eigenvalue weighted by Crippen LogP contribution is 2.30. The number of ether oxygens (including phenoxy) is 2. The number of benzene rings is 1. The first-order chi connectivity index (χ1) is 12.2. The van der Waals surface area contributed by atoms with Gasteiger partial charge in [0.05, 0.1) is 6.20 Å². The van der Waals surface area contributed by atoms with E-state index < -0.39 is 0 Å². The molecule has 0 unspecified atom stereocenters. The summed E-state index contributed by atoms with van der Waals surface area (Å²) in [6.07, 6.45) is 4.86. The van der Waals surface area contributed by atoms with Gasteiger partial charge in [0.2, 0.25) is 0 Å². The Hall–Kier alpha value is -3.03. The van der Waals surface area contributed by atoms with Crippen LogP contribution in [-0.4, -0.2) is 54.2 Å². The zero-order chi connectivity index (χ0) is 17.5. The van der Waals surface area contributed by atoms with Crippen molar-refractivity contribution in [2.24, 2.45) is 0 Å². The number of urea groups is 1. The van der Waals surface area contributed by atoms with Gasteiger partial charge in [0.15, 0.2) is 11.5 Å². The molecule has 1 aliphatic heterocycles. The Morgan fingerprint density at radius 3 is 2.84 bits per heavy atom. The van der Waals surface area contributed by atoms with E-state index in [4.69, 9.17) is 9.47 Å². The first-order valence-corrected chi connectivity index (χ1v) is 8.10. The molecule has 0 bridgehead atoms. The normalized spacial score (nSPS) is 12.4.